The first-order valence-electron chi connectivity index (χ1n) is 6.26. The second-order valence-corrected chi connectivity index (χ2v) is 5.83. The fourth-order valence-corrected chi connectivity index (χ4v) is 3.19. The van der Waals surface area contributed by atoms with Crippen LogP contribution in [0.3, 0.4) is 0 Å². The number of methoxy groups -OCH3 is 1. The van der Waals surface area contributed by atoms with Gasteiger partial charge in [-0.15, -0.1) is 0 Å². The Bertz CT molecular complexity index is 387. The molecule has 0 spiro atoms. The van der Waals surface area contributed by atoms with Gasteiger partial charge in [0.25, 0.3) is 10.2 Å². The lowest BCUT2D eigenvalue weighted by Gasteiger charge is -2.33. The number of nitrogens with zero attached hydrogens (tertiary/aromatic N) is 1. The van der Waals surface area contributed by atoms with E-state index in [-0.39, 0.29) is 25.6 Å². The lowest BCUT2D eigenvalue weighted by molar-refractivity contribution is -0.125. The zero-order valence-electron chi connectivity index (χ0n) is 11.3. The van der Waals surface area contributed by atoms with Crippen LogP contribution in [0.15, 0.2) is 0 Å². The Morgan fingerprint density at radius 2 is 2.26 bits per heavy atom. The smallest absolute Gasteiger partial charge is 0.280 e. The number of carbonyl (C=O) groups excluding carboxylic acids is 1. The van der Waals surface area contributed by atoms with Gasteiger partial charge in [0.2, 0.25) is 5.91 Å². The van der Waals surface area contributed by atoms with E-state index in [1.165, 1.54) is 11.4 Å². The van der Waals surface area contributed by atoms with Gasteiger partial charge in [0.05, 0.1) is 6.61 Å². The van der Waals surface area contributed by atoms with Crippen molar-refractivity contribution in [3.63, 3.8) is 0 Å². The highest BCUT2D eigenvalue weighted by atomic mass is 32.2. The number of hydrogen-bond donors (Lipinski definition) is 3. The maximum Gasteiger partial charge on any atom is 0.280 e. The van der Waals surface area contributed by atoms with E-state index >= 15 is 0 Å². The van der Waals surface area contributed by atoms with Gasteiger partial charge in [-0.2, -0.15) is 17.4 Å². The van der Waals surface area contributed by atoms with E-state index in [0.717, 1.165) is 0 Å². The summed E-state index contributed by atoms with van der Waals surface area (Å²) in [5.74, 6) is -0.285. The number of rotatable bonds is 7. The molecule has 1 aliphatic rings. The molecule has 1 unspecified atom stereocenters. The number of hydrogen-bond acceptors (Lipinski definition) is 5. The van der Waals surface area contributed by atoms with Crippen LogP contribution in [0, 0.1) is 0 Å². The van der Waals surface area contributed by atoms with Gasteiger partial charge in [0, 0.05) is 39.8 Å². The van der Waals surface area contributed by atoms with Crippen LogP contribution in [0.25, 0.3) is 0 Å². The Kier molecular flexibility index (Phi) is 6.66. The molecule has 19 heavy (non-hydrogen) atoms. The molecule has 0 radical (unpaired) electrons. The van der Waals surface area contributed by atoms with Crippen molar-refractivity contribution in [2.45, 2.75) is 13.0 Å². The predicted octanol–water partition coefficient (Wildman–Crippen LogP) is -2.12. The van der Waals surface area contributed by atoms with Crippen molar-refractivity contribution in [2.75, 3.05) is 46.4 Å². The first kappa shape index (κ1) is 16.3. The number of piperazine rings is 1. The van der Waals surface area contributed by atoms with Crippen molar-refractivity contribution in [3.8, 4) is 0 Å². The summed E-state index contributed by atoms with van der Waals surface area (Å²) in [6, 6.07) is -0.714. The van der Waals surface area contributed by atoms with Gasteiger partial charge in [-0.25, -0.2) is 0 Å². The molecule has 0 aromatic carbocycles. The highest BCUT2D eigenvalue weighted by molar-refractivity contribution is 7.87. The normalized spacial score (nSPS) is 21.3. The second kappa shape index (κ2) is 7.75. The standard InChI is InChI=1S/C10H22N4O4S/c1-3-12-10(15)9-8-11-4-6-14(9)19(16,17)13-5-7-18-2/h9,11,13H,3-8H2,1-2H3,(H,12,15). The lowest BCUT2D eigenvalue weighted by Crippen LogP contribution is -2.61. The lowest BCUT2D eigenvalue weighted by atomic mass is 10.2. The first-order chi connectivity index (χ1) is 9.03. The number of carbonyl (C=O) groups is 1. The third-order valence-electron chi connectivity index (χ3n) is 2.75. The predicted molar refractivity (Wildman–Crippen MR) is 70.8 cm³/mol. The molecule has 0 aromatic heterocycles. The van der Waals surface area contributed by atoms with Crippen LogP contribution in [0.4, 0.5) is 0 Å². The van der Waals surface area contributed by atoms with Gasteiger partial charge in [0.15, 0.2) is 0 Å². The third-order valence-corrected chi connectivity index (χ3v) is 4.37. The van der Waals surface area contributed by atoms with Crippen LogP contribution in [0.1, 0.15) is 6.92 Å². The van der Waals surface area contributed by atoms with Crippen LogP contribution < -0.4 is 15.4 Å². The highest BCUT2D eigenvalue weighted by Gasteiger charge is 2.36. The van der Waals surface area contributed by atoms with Gasteiger partial charge in [-0.3, -0.25) is 4.79 Å². The van der Waals surface area contributed by atoms with Gasteiger partial charge in [0.1, 0.15) is 6.04 Å². The molecule has 0 aromatic rings. The minimum Gasteiger partial charge on any atom is -0.383 e. The summed E-state index contributed by atoms with van der Waals surface area (Å²) in [5.41, 5.74) is 0. The maximum atomic E-state index is 12.1. The van der Waals surface area contributed by atoms with Crippen LogP contribution in [-0.2, 0) is 19.7 Å². The minimum atomic E-state index is -3.67. The van der Waals surface area contributed by atoms with Gasteiger partial charge in [-0.05, 0) is 6.92 Å². The summed E-state index contributed by atoms with van der Waals surface area (Å²) in [6.07, 6.45) is 0. The van der Waals surface area contributed by atoms with Gasteiger partial charge < -0.3 is 15.4 Å². The average Bonchev–Trinajstić information content (AvgIpc) is 2.39. The summed E-state index contributed by atoms with van der Waals surface area (Å²) in [7, 11) is -2.17. The molecule has 9 heteroatoms. The SMILES string of the molecule is CCNC(=O)C1CNCCN1S(=O)(=O)NCCOC. The Labute approximate surface area is 114 Å². The number of likely N-dealkylation sites (N-methyl/N-ethyl adjacent to an activating group) is 1. The Morgan fingerprint density at radius 1 is 1.53 bits per heavy atom. The van der Waals surface area contributed by atoms with E-state index < -0.39 is 16.3 Å². The Morgan fingerprint density at radius 3 is 2.89 bits per heavy atom. The fraction of sp³-hybridized carbons (Fsp3) is 0.900. The molecule has 1 atom stereocenters. The van der Waals surface area contributed by atoms with Crippen molar-refractivity contribution in [1.82, 2.24) is 19.7 Å². The molecule has 0 saturated carbocycles. The number of amides is 1. The molecule has 0 bridgehead atoms. The van der Waals surface area contributed by atoms with E-state index in [4.69, 9.17) is 4.74 Å². The van der Waals surface area contributed by atoms with E-state index in [1.54, 1.807) is 6.92 Å². The summed E-state index contributed by atoms with van der Waals surface area (Å²) >= 11 is 0. The molecule has 1 fully saturated rings. The molecule has 1 heterocycles. The topological polar surface area (TPSA) is 99.8 Å². The largest absolute Gasteiger partial charge is 0.383 e. The highest BCUT2D eigenvalue weighted by Crippen LogP contribution is 2.08. The third kappa shape index (κ3) is 4.69. The average molecular weight is 294 g/mol. The number of ether oxygens (including phenoxy) is 1. The molecule has 1 rings (SSSR count). The maximum absolute atomic E-state index is 12.1. The molecule has 1 amide bonds. The van der Waals surface area contributed by atoms with Crippen molar-refractivity contribution < 1.29 is 17.9 Å². The van der Waals surface area contributed by atoms with Gasteiger partial charge >= 0.3 is 0 Å². The van der Waals surface area contributed by atoms with Gasteiger partial charge in [-0.1, -0.05) is 0 Å². The molecule has 112 valence electrons. The molecular formula is C10H22N4O4S. The molecule has 1 aliphatic heterocycles. The summed E-state index contributed by atoms with van der Waals surface area (Å²) in [5, 5.41) is 5.67. The zero-order chi connectivity index (χ0) is 14.3. The summed E-state index contributed by atoms with van der Waals surface area (Å²) < 4.78 is 32.7. The van der Waals surface area contributed by atoms with E-state index in [2.05, 4.69) is 15.4 Å². The summed E-state index contributed by atoms with van der Waals surface area (Å²) in [6.45, 7) is 3.86. The quantitative estimate of drug-likeness (QED) is 0.466. The van der Waals surface area contributed by atoms with Crippen molar-refractivity contribution in [2.24, 2.45) is 0 Å². The monoisotopic (exact) mass is 294 g/mol. The van der Waals surface area contributed by atoms with Crippen LogP contribution in [0.5, 0.6) is 0 Å². The van der Waals surface area contributed by atoms with Crippen molar-refractivity contribution in [1.29, 1.82) is 0 Å². The van der Waals surface area contributed by atoms with Crippen molar-refractivity contribution in [3.05, 3.63) is 0 Å². The van der Waals surface area contributed by atoms with Crippen LogP contribution in [0.2, 0.25) is 0 Å². The van der Waals surface area contributed by atoms with E-state index in [0.29, 0.717) is 19.6 Å². The molecule has 0 aliphatic carbocycles. The molecule has 1 saturated heterocycles. The van der Waals surface area contributed by atoms with E-state index in [9.17, 15) is 13.2 Å². The zero-order valence-corrected chi connectivity index (χ0v) is 12.1. The van der Waals surface area contributed by atoms with Crippen LogP contribution in [-0.4, -0.2) is 71.1 Å². The fourth-order valence-electron chi connectivity index (χ4n) is 1.84. The second-order valence-electron chi connectivity index (χ2n) is 4.12. The van der Waals surface area contributed by atoms with E-state index in [1.807, 2.05) is 0 Å². The Balaban J connectivity index is 2.72. The van der Waals surface area contributed by atoms with Crippen LogP contribution >= 0.6 is 0 Å². The first-order valence-corrected chi connectivity index (χ1v) is 7.70. The number of nitrogens with one attached hydrogen (secondary N) is 3. The minimum absolute atomic E-state index is 0.185. The summed E-state index contributed by atoms with van der Waals surface area (Å²) in [4.78, 5) is 11.9. The van der Waals surface area contributed by atoms with Crippen molar-refractivity contribution >= 4 is 16.1 Å². The molecule has 3 N–H and O–H groups in total. The molecule has 8 nitrogen and oxygen atoms in total. The Hall–Kier alpha value is -0.740. The molecular weight excluding hydrogens is 272 g/mol.